The number of allylic oxidation sites excluding steroid dienone is 4. The summed E-state index contributed by atoms with van der Waals surface area (Å²) in [7, 11) is 0. The largest absolute Gasteiger partial charge is 0.311 e. The zero-order chi connectivity index (χ0) is 17.1. The van der Waals surface area contributed by atoms with Gasteiger partial charge in [-0.3, -0.25) is 9.69 Å². The molecule has 1 amide bonds. The molecule has 1 aromatic rings. The van der Waals surface area contributed by atoms with Crippen LogP contribution in [0.15, 0.2) is 48.6 Å². The molecular formula is C22H28N2O. The minimum Gasteiger partial charge on any atom is -0.311 e. The lowest BCUT2D eigenvalue weighted by Crippen LogP contribution is -2.45. The molecule has 0 N–H and O–H groups in total. The molecule has 0 saturated carbocycles. The Labute approximate surface area is 151 Å². The Hall–Kier alpha value is -1.87. The summed E-state index contributed by atoms with van der Waals surface area (Å²) in [4.78, 5) is 17.2. The van der Waals surface area contributed by atoms with E-state index in [0.717, 1.165) is 50.5 Å². The lowest BCUT2D eigenvalue weighted by Gasteiger charge is -2.36. The molecule has 1 aliphatic carbocycles. The van der Waals surface area contributed by atoms with E-state index >= 15 is 0 Å². The van der Waals surface area contributed by atoms with E-state index in [0.29, 0.717) is 12.5 Å². The molecule has 0 spiro atoms. The Balaban J connectivity index is 1.33. The molecule has 3 aliphatic rings. The zero-order valence-electron chi connectivity index (χ0n) is 14.9. The summed E-state index contributed by atoms with van der Waals surface area (Å²) in [6.07, 6.45) is 15.0. The van der Waals surface area contributed by atoms with Crippen LogP contribution in [0, 0.1) is 11.8 Å². The van der Waals surface area contributed by atoms with Gasteiger partial charge in [-0.25, -0.2) is 0 Å². The van der Waals surface area contributed by atoms with Crippen LogP contribution in [0.25, 0.3) is 0 Å². The van der Waals surface area contributed by atoms with Crippen LogP contribution in [-0.4, -0.2) is 37.0 Å². The quantitative estimate of drug-likeness (QED) is 0.784. The van der Waals surface area contributed by atoms with Crippen LogP contribution >= 0.6 is 0 Å². The monoisotopic (exact) mass is 336 g/mol. The Bertz CT molecular complexity index is 658. The summed E-state index contributed by atoms with van der Waals surface area (Å²) in [6, 6.07) is 8.37. The van der Waals surface area contributed by atoms with Crippen molar-refractivity contribution in [1.29, 1.82) is 0 Å². The van der Waals surface area contributed by atoms with E-state index < -0.39 is 0 Å². The van der Waals surface area contributed by atoms with Gasteiger partial charge in [-0.05, 0) is 68.7 Å². The maximum atomic E-state index is 12.9. The van der Waals surface area contributed by atoms with Crippen LogP contribution < -0.4 is 4.90 Å². The van der Waals surface area contributed by atoms with E-state index in [1.54, 1.807) is 0 Å². The predicted molar refractivity (Wildman–Crippen MR) is 103 cm³/mol. The molecule has 2 aliphatic heterocycles. The predicted octanol–water partition coefficient (Wildman–Crippen LogP) is 3.81. The molecule has 25 heavy (non-hydrogen) atoms. The molecule has 0 bridgehead atoms. The first-order valence-corrected chi connectivity index (χ1v) is 9.75. The maximum absolute atomic E-state index is 12.9. The number of rotatable bonds is 3. The fourth-order valence-corrected chi connectivity index (χ4v) is 4.49. The summed E-state index contributed by atoms with van der Waals surface area (Å²) < 4.78 is 0. The molecule has 2 heterocycles. The third kappa shape index (κ3) is 3.72. The van der Waals surface area contributed by atoms with Gasteiger partial charge in [-0.1, -0.05) is 42.5 Å². The number of likely N-dealkylation sites (tertiary alicyclic amines) is 1. The fraction of sp³-hybridized carbons (Fsp3) is 0.500. The van der Waals surface area contributed by atoms with Gasteiger partial charge in [0.15, 0.2) is 0 Å². The number of carbonyl (C=O) groups excluding carboxylic acids is 1. The summed E-state index contributed by atoms with van der Waals surface area (Å²) in [5, 5.41) is 0. The molecule has 0 atom stereocenters. The average molecular weight is 336 g/mol. The molecule has 1 saturated heterocycles. The topological polar surface area (TPSA) is 23.6 Å². The Morgan fingerprint density at radius 1 is 1.04 bits per heavy atom. The molecule has 3 nitrogen and oxygen atoms in total. The number of nitrogens with zero attached hydrogens (tertiary/aromatic N) is 2. The van der Waals surface area contributed by atoms with Gasteiger partial charge in [0.1, 0.15) is 0 Å². The van der Waals surface area contributed by atoms with Crippen LogP contribution in [0.2, 0.25) is 0 Å². The standard InChI is InChI=1S/C22H28N2O/c25-22(24-14-6-10-20-9-4-5-11-21(20)24)17-23-15-12-19(13-16-23)18-7-2-1-3-8-18/h2-5,7-9,11,18-19H,1,6,10,12-17H2. The van der Waals surface area contributed by atoms with Crippen molar-refractivity contribution in [3.8, 4) is 0 Å². The molecule has 1 fully saturated rings. The molecule has 0 aromatic heterocycles. The zero-order valence-corrected chi connectivity index (χ0v) is 14.9. The summed E-state index contributed by atoms with van der Waals surface area (Å²) in [5.74, 6) is 1.62. The molecular weight excluding hydrogens is 308 g/mol. The van der Waals surface area contributed by atoms with Crippen LogP contribution in [-0.2, 0) is 11.2 Å². The number of aryl methyl sites for hydroxylation is 1. The summed E-state index contributed by atoms with van der Waals surface area (Å²) in [5.41, 5.74) is 2.45. The highest BCUT2D eigenvalue weighted by molar-refractivity contribution is 5.95. The number of hydrogen-bond acceptors (Lipinski definition) is 2. The van der Waals surface area contributed by atoms with Gasteiger partial charge in [0.2, 0.25) is 5.91 Å². The highest BCUT2D eigenvalue weighted by Gasteiger charge is 2.28. The highest BCUT2D eigenvalue weighted by Crippen LogP contribution is 2.30. The van der Waals surface area contributed by atoms with E-state index in [-0.39, 0.29) is 5.91 Å². The Morgan fingerprint density at radius 2 is 1.80 bits per heavy atom. The van der Waals surface area contributed by atoms with E-state index in [1.165, 1.54) is 18.4 Å². The third-order valence-electron chi connectivity index (χ3n) is 5.94. The van der Waals surface area contributed by atoms with E-state index in [2.05, 4.69) is 47.4 Å². The van der Waals surface area contributed by atoms with Crippen molar-refractivity contribution in [1.82, 2.24) is 4.90 Å². The molecule has 1 aromatic carbocycles. The summed E-state index contributed by atoms with van der Waals surface area (Å²) >= 11 is 0. The Morgan fingerprint density at radius 3 is 2.60 bits per heavy atom. The van der Waals surface area contributed by atoms with Crippen molar-refractivity contribution in [2.75, 3.05) is 31.1 Å². The number of piperidine rings is 1. The van der Waals surface area contributed by atoms with Crippen molar-refractivity contribution in [3.05, 3.63) is 54.1 Å². The van der Waals surface area contributed by atoms with Crippen LogP contribution in [0.1, 0.15) is 31.2 Å². The number of hydrogen-bond donors (Lipinski definition) is 0. The van der Waals surface area contributed by atoms with Gasteiger partial charge >= 0.3 is 0 Å². The van der Waals surface area contributed by atoms with Crippen molar-refractivity contribution < 1.29 is 4.79 Å². The lowest BCUT2D eigenvalue weighted by molar-refractivity contribution is -0.120. The number of benzene rings is 1. The minimum absolute atomic E-state index is 0.267. The first kappa shape index (κ1) is 16.6. The van der Waals surface area contributed by atoms with Gasteiger partial charge in [0.05, 0.1) is 6.54 Å². The molecule has 3 heteroatoms. The number of anilines is 1. The van der Waals surface area contributed by atoms with Crippen LogP contribution in [0.4, 0.5) is 5.69 Å². The number of amides is 1. The third-order valence-corrected chi connectivity index (χ3v) is 5.94. The van der Waals surface area contributed by atoms with Crippen LogP contribution in [0.5, 0.6) is 0 Å². The SMILES string of the molecule is O=C(CN1CCC(C2C=CCC=C2)CC1)N1CCCc2ccccc21. The summed E-state index contributed by atoms with van der Waals surface area (Å²) in [6.45, 7) is 3.52. The number of carbonyl (C=O) groups is 1. The first-order valence-electron chi connectivity index (χ1n) is 9.75. The molecule has 0 radical (unpaired) electrons. The smallest absolute Gasteiger partial charge is 0.241 e. The van der Waals surface area contributed by atoms with Gasteiger partial charge in [-0.2, -0.15) is 0 Å². The van der Waals surface area contributed by atoms with E-state index in [1.807, 2.05) is 11.0 Å². The van der Waals surface area contributed by atoms with Crippen molar-refractivity contribution >= 4 is 11.6 Å². The maximum Gasteiger partial charge on any atom is 0.241 e. The molecule has 4 rings (SSSR count). The second-order valence-corrected chi connectivity index (χ2v) is 7.56. The fourth-order valence-electron chi connectivity index (χ4n) is 4.49. The number of para-hydroxylation sites is 1. The van der Waals surface area contributed by atoms with E-state index in [4.69, 9.17) is 0 Å². The van der Waals surface area contributed by atoms with Gasteiger partial charge in [0, 0.05) is 12.2 Å². The Kier molecular flexibility index (Phi) is 5.02. The van der Waals surface area contributed by atoms with Crippen molar-refractivity contribution in [2.24, 2.45) is 11.8 Å². The minimum atomic E-state index is 0.267. The molecule has 132 valence electrons. The highest BCUT2D eigenvalue weighted by atomic mass is 16.2. The first-order chi connectivity index (χ1) is 12.3. The number of fused-ring (bicyclic) bond motifs is 1. The average Bonchev–Trinajstić information content (AvgIpc) is 2.69. The molecule has 0 unspecified atom stereocenters. The van der Waals surface area contributed by atoms with Crippen LogP contribution in [0.3, 0.4) is 0 Å². The van der Waals surface area contributed by atoms with E-state index in [9.17, 15) is 4.79 Å². The van der Waals surface area contributed by atoms with Crippen molar-refractivity contribution in [2.45, 2.75) is 32.1 Å². The van der Waals surface area contributed by atoms with Crippen molar-refractivity contribution in [3.63, 3.8) is 0 Å². The lowest BCUT2D eigenvalue weighted by atomic mass is 9.82. The normalized spacial score (nSPS) is 22.2. The second-order valence-electron chi connectivity index (χ2n) is 7.56. The van der Waals surface area contributed by atoms with Gasteiger partial charge in [-0.15, -0.1) is 0 Å². The van der Waals surface area contributed by atoms with Gasteiger partial charge in [0.25, 0.3) is 0 Å². The van der Waals surface area contributed by atoms with Gasteiger partial charge < -0.3 is 4.90 Å². The second kappa shape index (κ2) is 7.57.